The van der Waals surface area contributed by atoms with Gasteiger partial charge in [0.1, 0.15) is 22.4 Å². The van der Waals surface area contributed by atoms with Crippen LogP contribution in [0.15, 0.2) is 53.1 Å². The number of carbonyl (C=O) groups is 2. The predicted octanol–water partition coefficient (Wildman–Crippen LogP) is 3.48. The van der Waals surface area contributed by atoms with Crippen LogP contribution in [-0.2, 0) is 16.0 Å². The number of aryl methyl sites for hydroxylation is 2. The third kappa shape index (κ3) is 4.19. The van der Waals surface area contributed by atoms with Crippen molar-refractivity contribution in [3.8, 4) is 11.8 Å². The Hall–Kier alpha value is -3.24. The van der Waals surface area contributed by atoms with Crippen LogP contribution >= 0.6 is 11.8 Å². The molecule has 2 aromatic carbocycles. The number of hydrogen-bond acceptors (Lipinski definition) is 5. The van der Waals surface area contributed by atoms with E-state index in [-0.39, 0.29) is 11.5 Å². The highest BCUT2D eigenvalue weighted by Crippen LogP contribution is 2.42. The van der Waals surface area contributed by atoms with Crippen LogP contribution in [-0.4, -0.2) is 31.2 Å². The van der Waals surface area contributed by atoms with Crippen molar-refractivity contribution in [3.05, 3.63) is 69.8 Å². The summed E-state index contributed by atoms with van der Waals surface area (Å²) in [5.41, 5.74) is 3.69. The van der Waals surface area contributed by atoms with Gasteiger partial charge >= 0.3 is 0 Å². The van der Waals surface area contributed by atoms with Crippen LogP contribution in [0, 0.1) is 25.2 Å². The van der Waals surface area contributed by atoms with E-state index in [0.717, 1.165) is 22.4 Å². The molecular weight excluding hydrogens is 398 g/mol. The molecule has 30 heavy (non-hydrogen) atoms. The zero-order valence-electron chi connectivity index (χ0n) is 17.4. The number of thioether (sulfide) groups is 1. The molecule has 0 saturated carbocycles. The first-order valence-corrected chi connectivity index (χ1v) is 10.3. The van der Waals surface area contributed by atoms with E-state index in [4.69, 9.17) is 4.74 Å². The Morgan fingerprint density at radius 3 is 2.47 bits per heavy atom. The Labute approximate surface area is 180 Å². The van der Waals surface area contributed by atoms with Gasteiger partial charge in [0.05, 0.1) is 12.4 Å². The Kier molecular flexibility index (Phi) is 6.48. The van der Waals surface area contributed by atoms with Crippen molar-refractivity contribution in [3.63, 3.8) is 0 Å². The number of nitriles is 1. The van der Waals surface area contributed by atoms with Crippen molar-refractivity contribution < 1.29 is 14.3 Å². The second-order valence-corrected chi connectivity index (χ2v) is 8.16. The SMILES string of the molecule is CNC(=O)/C(C#N)=C1/S[C@@H](Cc2ccc(OC)cc2)C(=O)N1c1ccc(C)c(C)c1. The van der Waals surface area contributed by atoms with Gasteiger partial charge in [-0.05, 0) is 61.2 Å². The van der Waals surface area contributed by atoms with Crippen molar-refractivity contribution in [1.29, 1.82) is 5.26 Å². The van der Waals surface area contributed by atoms with Gasteiger partial charge in [0.2, 0.25) is 5.91 Å². The fourth-order valence-corrected chi connectivity index (χ4v) is 4.50. The zero-order valence-corrected chi connectivity index (χ0v) is 18.2. The van der Waals surface area contributed by atoms with Crippen molar-refractivity contribution >= 4 is 29.3 Å². The molecule has 1 fully saturated rings. The summed E-state index contributed by atoms with van der Waals surface area (Å²) in [6, 6.07) is 15.2. The number of carbonyl (C=O) groups excluding carboxylic acids is 2. The summed E-state index contributed by atoms with van der Waals surface area (Å²) < 4.78 is 5.19. The van der Waals surface area contributed by atoms with E-state index in [1.807, 2.05) is 62.4 Å². The number of hydrogen-bond donors (Lipinski definition) is 1. The Morgan fingerprint density at radius 2 is 1.90 bits per heavy atom. The molecule has 1 heterocycles. The first kappa shape index (κ1) is 21.5. The summed E-state index contributed by atoms with van der Waals surface area (Å²) >= 11 is 1.25. The number of nitrogens with zero attached hydrogens (tertiary/aromatic N) is 2. The van der Waals surface area contributed by atoms with Gasteiger partial charge in [0, 0.05) is 12.7 Å². The van der Waals surface area contributed by atoms with Crippen LogP contribution in [0.5, 0.6) is 5.75 Å². The Balaban J connectivity index is 2.03. The van der Waals surface area contributed by atoms with Crippen molar-refractivity contribution in [2.45, 2.75) is 25.5 Å². The number of nitrogens with one attached hydrogen (secondary N) is 1. The van der Waals surface area contributed by atoms with Gasteiger partial charge in [0.15, 0.2) is 0 Å². The van der Waals surface area contributed by atoms with Crippen LogP contribution in [0.1, 0.15) is 16.7 Å². The van der Waals surface area contributed by atoms with Gasteiger partial charge in [-0.1, -0.05) is 30.0 Å². The summed E-state index contributed by atoms with van der Waals surface area (Å²) in [6.45, 7) is 3.96. The molecule has 0 radical (unpaired) electrons. The quantitative estimate of drug-likeness (QED) is 0.590. The Morgan fingerprint density at radius 1 is 1.20 bits per heavy atom. The van der Waals surface area contributed by atoms with Crippen LogP contribution in [0.4, 0.5) is 5.69 Å². The highest BCUT2D eigenvalue weighted by atomic mass is 32.2. The maximum absolute atomic E-state index is 13.4. The molecule has 0 bridgehead atoms. The molecule has 154 valence electrons. The van der Waals surface area contributed by atoms with Crippen LogP contribution in [0.2, 0.25) is 0 Å². The molecule has 0 unspecified atom stereocenters. The van der Waals surface area contributed by atoms with E-state index >= 15 is 0 Å². The molecule has 1 atom stereocenters. The van der Waals surface area contributed by atoms with Crippen LogP contribution < -0.4 is 15.0 Å². The predicted molar refractivity (Wildman–Crippen MR) is 118 cm³/mol. The summed E-state index contributed by atoms with van der Waals surface area (Å²) in [7, 11) is 3.07. The zero-order chi connectivity index (χ0) is 21.8. The molecule has 1 aliphatic rings. The Bertz CT molecular complexity index is 1050. The monoisotopic (exact) mass is 421 g/mol. The van der Waals surface area contributed by atoms with Crippen molar-refractivity contribution in [2.75, 3.05) is 19.1 Å². The third-order valence-corrected chi connectivity index (χ3v) is 6.32. The fraction of sp³-hybridized carbons (Fsp3) is 0.261. The summed E-state index contributed by atoms with van der Waals surface area (Å²) in [4.78, 5) is 27.2. The molecule has 2 amide bonds. The molecular formula is C23H23N3O3S. The third-order valence-electron chi connectivity index (χ3n) is 5.06. The summed E-state index contributed by atoms with van der Waals surface area (Å²) in [6.07, 6.45) is 0.477. The minimum Gasteiger partial charge on any atom is -0.497 e. The van der Waals surface area contributed by atoms with Gasteiger partial charge in [0.25, 0.3) is 5.91 Å². The maximum Gasteiger partial charge on any atom is 0.264 e. The van der Waals surface area contributed by atoms with Crippen molar-refractivity contribution in [1.82, 2.24) is 5.32 Å². The molecule has 0 spiro atoms. The minimum atomic E-state index is -0.508. The van der Waals surface area contributed by atoms with Gasteiger partial charge in [-0.3, -0.25) is 14.5 Å². The standard InChI is InChI=1S/C23H23N3O3S/c1-14-5-8-17(11-15(14)2)26-22(28)20(12-16-6-9-18(29-4)10-7-16)30-23(26)19(13-24)21(27)25-3/h5-11,20H,12H2,1-4H3,(H,25,27)/b23-19+/t20-/m0/s1. The highest BCUT2D eigenvalue weighted by Gasteiger charge is 2.40. The smallest absolute Gasteiger partial charge is 0.264 e. The molecule has 7 heteroatoms. The average molecular weight is 422 g/mol. The number of amides is 2. The number of anilines is 1. The molecule has 1 saturated heterocycles. The van der Waals surface area contributed by atoms with E-state index in [1.165, 1.54) is 23.7 Å². The van der Waals surface area contributed by atoms with Gasteiger partial charge < -0.3 is 10.1 Å². The van der Waals surface area contributed by atoms with Gasteiger partial charge in [-0.15, -0.1) is 0 Å². The summed E-state index contributed by atoms with van der Waals surface area (Å²) in [5, 5.41) is 12.1. The molecule has 6 nitrogen and oxygen atoms in total. The lowest BCUT2D eigenvalue weighted by atomic mass is 10.1. The number of likely N-dealkylation sites (N-methyl/N-ethyl adjacent to an activating group) is 1. The fourth-order valence-electron chi connectivity index (χ4n) is 3.19. The number of benzene rings is 2. The topological polar surface area (TPSA) is 82.4 Å². The normalized spacial score (nSPS) is 17.5. The van der Waals surface area contributed by atoms with Gasteiger partial charge in [-0.2, -0.15) is 5.26 Å². The maximum atomic E-state index is 13.4. The van der Waals surface area contributed by atoms with E-state index in [2.05, 4.69) is 5.32 Å². The molecule has 3 rings (SSSR count). The van der Waals surface area contributed by atoms with E-state index in [0.29, 0.717) is 17.1 Å². The number of rotatable bonds is 5. The minimum absolute atomic E-state index is 0.0636. The largest absolute Gasteiger partial charge is 0.497 e. The average Bonchev–Trinajstić information content (AvgIpc) is 3.06. The molecule has 0 aliphatic carbocycles. The first-order chi connectivity index (χ1) is 14.4. The van der Waals surface area contributed by atoms with Crippen molar-refractivity contribution in [2.24, 2.45) is 0 Å². The lowest BCUT2D eigenvalue weighted by Gasteiger charge is -2.19. The second kappa shape index (κ2) is 9.06. The lowest BCUT2D eigenvalue weighted by molar-refractivity contribution is -0.117. The molecule has 1 N–H and O–H groups in total. The molecule has 1 aliphatic heterocycles. The van der Waals surface area contributed by atoms with Crippen LogP contribution in [0.3, 0.4) is 0 Å². The highest BCUT2D eigenvalue weighted by molar-refractivity contribution is 8.05. The molecule has 2 aromatic rings. The van der Waals surface area contributed by atoms with Gasteiger partial charge in [-0.25, -0.2) is 0 Å². The van der Waals surface area contributed by atoms with Crippen LogP contribution in [0.25, 0.3) is 0 Å². The summed E-state index contributed by atoms with van der Waals surface area (Å²) in [5.74, 6) is 0.0883. The second-order valence-electron chi connectivity index (χ2n) is 6.97. The number of methoxy groups -OCH3 is 1. The first-order valence-electron chi connectivity index (χ1n) is 9.46. The molecule has 0 aromatic heterocycles. The van der Waals surface area contributed by atoms with E-state index in [9.17, 15) is 14.9 Å². The van der Waals surface area contributed by atoms with E-state index in [1.54, 1.807) is 7.11 Å². The number of ether oxygens (including phenoxy) is 1. The lowest BCUT2D eigenvalue weighted by Crippen LogP contribution is -2.31. The van der Waals surface area contributed by atoms with E-state index < -0.39 is 11.2 Å².